The number of methoxy groups -OCH3 is 2. The molecule has 0 aromatic heterocycles. The highest BCUT2D eigenvalue weighted by atomic mass is 16.7. The molecule has 0 N–H and O–H groups in total. The smallest absolute Gasteiger partial charge is 0.469 e. The molecular formula is C14H16O7. The topological polar surface area (TPSA) is 88.1 Å². The molecule has 21 heavy (non-hydrogen) atoms. The molecular weight excluding hydrogens is 280 g/mol. The van der Waals surface area contributed by atoms with Crippen LogP contribution in [0.5, 0.6) is 5.75 Å². The van der Waals surface area contributed by atoms with Crippen LogP contribution >= 0.6 is 0 Å². The maximum Gasteiger partial charge on any atom is 0.514 e. The van der Waals surface area contributed by atoms with E-state index in [9.17, 15) is 14.4 Å². The van der Waals surface area contributed by atoms with Gasteiger partial charge in [-0.2, -0.15) is 0 Å². The highest BCUT2D eigenvalue weighted by Crippen LogP contribution is 2.12. The number of hydrogen-bond acceptors (Lipinski definition) is 7. The first-order valence-electron chi connectivity index (χ1n) is 6.15. The number of esters is 2. The standard InChI is InChI=1S/C14H16O7/c1-18-12(15)9-8-11(13(16)19-2)21-14(17)20-10-6-4-3-5-7-10/h3-7,11H,8-9H2,1-2H3. The molecule has 7 heteroatoms. The van der Waals surface area contributed by atoms with Gasteiger partial charge in [0.1, 0.15) is 5.75 Å². The summed E-state index contributed by atoms with van der Waals surface area (Å²) >= 11 is 0. The third kappa shape index (κ3) is 5.94. The Balaban J connectivity index is 2.57. The van der Waals surface area contributed by atoms with Gasteiger partial charge >= 0.3 is 18.1 Å². The van der Waals surface area contributed by atoms with Crippen molar-refractivity contribution in [3.63, 3.8) is 0 Å². The van der Waals surface area contributed by atoms with Crippen LogP contribution in [-0.4, -0.2) is 38.4 Å². The van der Waals surface area contributed by atoms with E-state index < -0.39 is 24.2 Å². The molecule has 7 nitrogen and oxygen atoms in total. The van der Waals surface area contributed by atoms with Crippen molar-refractivity contribution in [2.75, 3.05) is 14.2 Å². The van der Waals surface area contributed by atoms with Crippen molar-refractivity contribution >= 4 is 18.1 Å². The van der Waals surface area contributed by atoms with E-state index in [1.54, 1.807) is 30.3 Å². The van der Waals surface area contributed by atoms with Crippen molar-refractivity contribution in [3.05, 3.63) is 30.3 Å². The molecule has 0 fully saturated rings. The first-order valence-corrected chi connectivity index (χ1v) is 6.15. The molecule has 0 radical (unpaired) electrons. The summed E-state index contributed by atoms with van der Waals surface area (Å²) in [6, 6.07) is 8.23. The van der Waals surface area contributed by atoms with Crippen LogP contribution in [-0.2, 0) is 23.8 Å². The molecule has 1 aromatic carbocycles. The number of ether oxygens (including phenoxy) is 4. The van der Waals surface area contributed by atoms with Crippen molar-refractivity contribution in [3.8, 4) is 5.75 Å². The Labute approximate surface area is 121 Å². The summed E-state index contributed by atoms with van der Waals surface area (Å²) in [7, 11) is 2.37. The van der Waals surface area contributed by atoms with Gasteiger partial charge in [-0.15, -0.1) is 0 Å². The van der Waals surface area contributed by atoms with Crippen LogP contribution in [0.3, 0.4) is 0 Å². The van der Waals surface area contributed by atoms with Crippen molar-refractivity contribution in [2.24, 2.45) is 0 Å². The van der Waals surface area contributed by atoms with E-state index in [1.165, 1.54) is 7.11 Å². The van der Waals surface area contributed by atoms with Crippen LogP contribution in [0.25, 0.3) is 0 Å². The lowest BCUT2D eigenvalue weighted by molar-refractivity contribution is -0.152. The van der Waals surface area contributed by atoms with Gasteiger partial charge in [-0.3, -0.25) is 4.79 Å². The lowest BCUT2D eigenvalue weighted by Gasteiger charge is -2.14. The first kappa shape index (κ1) is 16.5. The molecule has 0 aliphatic rings. The zero-order valence-corrected chi connectivity index (χ0v) is 11.7. The number of hydrogen-bond donors (Lipinski definition) is 0. The van der Waals surface area contributed by atoms with Crippen LogP contribution in [0.2, 0.25) is 0 Å². The zero-order chi connectivity index (χ0) is 15.7. The second-order valence-electron chi connectivity index (χ2n) is 3.91. The van der Waals surface area contributed by atoms with E-state index in [-0.39, 0.29) is 18.6 Å². The average molecular weight is 296 g/mol. The molecule has 0 aliphatic carbocycles. The number of carbonyl (C=O) groups excluding carboxylic acids is 3. The Morgan fingerprint density at radius 1 is 1.05 bits per heavy atom. The minimum atomic E-state index is -1.23. The number of carbonyl (C=O) groups is 3. The third-order valence-electron chi connectivity index (χ3n) is 2.49. The minimum Gasteiger partial charge on any atom is -0.469 e. The lowest BCUT2D eigenvalue weighted by Crippen LogP contribution is -2.30. The van der Waals surface area contributed by atoms with Crippen LogP contribution in [0.1, 0.15) is 12.8 Å². The highest BCUT2D eigenvalue weighted by molar-refractivity contribution is 5.79. The quantitative estimate of drug-likeness (QED) is 0.448. The number of rotatable bonds is 6. The van der Waals surface area contributed by atoms with Crippen molar-refractivity contribution in [1.82, 2.24) is 0 Å². The minimum absolute atomic E-state index is 0.0523. The van der Waals surface area contributed by atoms with Gasteiger partial charge < -0.3 is 18.9 Å². The van der Waals surface area contributed by atoms with E-state index in [0.29, 0.717) is 0 Å². The Bertz CT molecular complexity index is 483. The van der Waals surface area contributed by atoms with Crippen LogP contribution in [0.4, 0.5) is 4.79 Å². The van der Waals surface area contributed by atoms with Crippen LogP contribution in [0.15, 0.2) is 30.3 Å². The lowest BCUT2D eigenvalue weighted by atomic mass is 10.2. The van der Waals surface area contributed by atoms with E-state index >= 15 is 0 Å². The molecule has 0 saturated heterocycles. The molecule has 1 atom stereocenters. The normalized spacial score (nSPS) is 11.1. The van der Waals surface area contributed by atoms with E-state index in [1.807, 2.05) is 0 Å². The molecule has 1 aromatic rings. The maximum absolute atomic E-state index is 11.6. The predicted molar refractivity (Wildman–Crippen MR) is 70.6 cm³/mol. The summed E-state index contributed by atoms with van der Waals surface area (Å²) in [6.45, 7) is 0. The molecule has 0 heterocycles. The Kier molecular flexibility index (Phi) is 6.73. The average Bonchev–Trinajstić information content (AvgIpc) is 2.51. The van der Waals surface area contributed by atoms with Crippen molar-refractivity contribution in [1.29, 1.82) is 0 Å². The van der Waals surface area contributed by atoms with Crippen molar-refractivity contribution < 1.29 is 33.3 Å². The fraction of sp³-hybridized carbons (Fsp3) is 0.357. The molecule has 0 aliphatic heterocycles. The first-order chi connectivity index (χ1) is 10.1. The highest BCUT2D eigenvalue weighted by Gasteiger charge is 2.26. The van der Waals surface area contributed by atoms with Gasteiger partial charge in [-0.25, -0.2) is 9.59 Å². The van der Waals surface area contributed by atoms with Gasteiger partial charge in [0.15, 0.2) is 0 Å². The number of para-hydroxylation sites is 1. The van der Waals surface area contributed by atoms with E-state index in [4.69, 9.17) is 9.47 Å². The molecule has 0 bridgehead atoms. The summed E-state index contributed by atoms with van der Waals surface area (Å²) < 4.78 is 18.7. The van der Waals surface area contributed by atoms with Gasteiger partial charge in [0.2, 0.25) is 6.10 Å². The molecule has 1 unspecified atom stereocenters. The van der Waals surface area contributed by atoms with E-state index in [0.717, 1.165) is 7.11 Å². The molecule has 0 amide bonds. The van der Waals surface area contributed by atoms with Gasteiger partial charge in [-0.1, -0.05) is 18.2 Å². The molecule has 1 rings (SSSR count). The molecule has 114 valence electrons. The van der Waals surface area contributed by atoms with E-state index in [2.05, 4.69) is 9.47 Å². The maximum atomic E-state index is 11.6. The van der Waals surface area contributed by atoms with Crippen molar-refractivity contribution in [2.45, 2.75) is 18.9 Å². The van der Waals surface area contributed by atoms with Gasteiger partial charge in [0, 0.05) is 12.8 Å². The third-order valence-corrected chi connectivity index (χ3v) is 2.49. The Hall–Kier alpha value is -2.57. The largest absolute Gasteiger partial charge is 0.514 e. The molecule has 0 saturated carbocycles. The fourth-order valence-electron chi connectivity index (χ4n) is 1.43. The predicted octanol–water partition coefficient (Wildman–Crippen LogP) is 1.70. The summed E-state index contributed by atoms with van der Waals surface area (Å²) in [5.74, 6) is -1.02. The van der Waals surface area contributed by atoms with Gasteiger partial charge in [0.05, 0.1) is 14.2 Å². The summed E-state index contributed by atoms with van der Waals surface area (Å²) in [6.07, 6.45) is -2.43. The van der Waals surface area contributed by atoms with Crippen LogP contribution in [0, 0.1) is 0 Å². The second kappa shape index (κ2) is 8.57. The number of benzene rings is 1. The summed E-state index contributed by atoms with van der Waals surface area (Å²) in [4.78, 5) is 34.1. The monoisotopic (exact) mass is 296 g/mol. The summed E-state index contributed by atoms with van der Waals surface area (Å²) in [5, 5.41) is 0. The molecule has 0 spiro atoms. The van der Waals surface area contributed by atoms with Crippen LogP contribution < -0.4 is 4.74 Å². The Morgan fingerprint density at radius 3 is 2.29 bits per heavy atom. The van der Waals surface area contributed by atoms with Gasteiger partial charge in [0.25, 0.3) is 0 Å². The second-order valence-corrected chi connectivity index (χ2v) is 3.91. The van der Waals surface area contributed by atoms with Gasteiger partial charge in [-0.05, 0) is 12.1 Å². The summed E-state index contributed by atoms with van der Waals surface area (Å²) in [5.41, 5.74) is 0. The fourth-order valence-corrected chi connectivity index (χ4v) is 1.43. The zero-order valence-electron chi connectivity index (χ0n) is 11.7. The Morgan fingerprint density at radius 2 is 1.71 bits per heavy atom. The SMILES string of the molecule is COC(=O)CCC(OC(=O)Oc1ccccc1)C(=O)OC.